The summed E-state index contributed by atoms with van der Waals surface area (Å²) in [5.74, 6) is 0.154. The van der Waals surface area contributed by atoms with E-state index in [1.54, 1.807) is 13.0 Å². The van der Waals surface area contributed by atoms with Crippen LogP contribution in [0.15, 0.2) is 16.7 Å². The molecule has 82 valence electrons. The van der Waals surface area contributed by atoms with E-state index in [1.165, 1.54) is 6.20 Å². The molecule has 1 rings (SSSR count). The van der Waals surface area contributed by atoms with Crippen molar-refractivity contribution < 1.29 is 14.3 Å². The van der Waals surface area contributed by atoms with Crippen LogP contribution >= 0.6 is 15.9 Å². The summed E-state index contributed by atoms with van der Waals surface area (Å²) in [6.45, 7) is 4.49. The van der Waals surface area contributed by atoms with Crippen LogP contribution in [-0.2, 0) is 4.74 Å². The third-order valence-corrected chi connectivity index (χ3v) is 2.20. The highest BCUT2D eigenvalue weighted by Gasteiger charge is 2.11. The van der Waals surface area contributed by atoms with Gasteiger partial charge in [0.2, 0.25) is 0 Å². The van der Waals surface area contributed by atoms with Crippen molar-refractivity contribution in [2.24, 2.45) is 0 Å². The minimum atomic E-state index is -0.439. The number of ether oxygens (including phenoxy) is 2. The fraction of sp³-hybridized carbons (Fsp3) is 0.400. The normalized spacial score (nSPS) is 9.80. The maximum atomic E-state index is 11.4. The van der Waals surface area contributed by atoms with Gasteiger partial charge in [0.05, 0.1) is 17.7 Å². The molecule has 0 amide bonds. The molecule has 0 atom stereocenters. The molecule has 5 heteroatoms. The van der Waals surface area contributed by atoms with E-state index in [2.05, 4.69) is 20.9 Å². The monoisotopic (exact) mass is 273 g/mol. The van der Waals surface area contributed by atoms with Crippen LogP contribution in [0.1, 0.15) is 24.3 Å². The second-order valence-electron chi connectivity index (χ2n) is 2.65. The molecular weight excluding hydrogens is 262 g/mol. The Balaban J connectivity index is 2.91. The number of pyridine rings is 1. The Labute approximate surface area is 96.7 Å². The van der Waals surface area contributed by atoms with E-state index in [0.717, 1.165) is 4.47 Å². The predicted molar refractivity (Wildman–Crippen MR) is 59.1 cm³/mol. The highest BCUT2D eigenvalue weighted by atomic mass is 79.9. The van der Waals surface area contributed by atoms with Crippen LogP contribution in [0.4, 0.5) is 0 Å². The Morgan fingerprint density at radius 2 is 2.20 bits per heavy atom. The fourth-order valence-corrected chi connectivity index (χ4v) is 1.33. The lowest BCUT2D eigenvalue weighted by molar-refractivity contribution is 0.0519. The zero-order valence-electron chi connectivity index (χ0n) is 8.62. The minimum absolute atomic E-state index is 0.253. The van der Waals surface area contributed by atoms with Gasteiger partial charge in [0.15, 0.2) is 5.69 Å². The molecule has 0 saturated carbocycles. The minimum Gasteiger partial charge on any atom is -0.493 e. The highest BCUT2D eigenvalue weighted by Crippen LogP contribution is 2.24. The van der Waals surface area contributed by atoms with E-state index in [0.29, 0.717) is 19.0 Å². The van der Waals surface area contributed by atoms with Gasteiger partial charge in [0, 0.05) is 12.3 Å². The van der Waals surface area contributed by atoms with Crippen LogP contribution in [0.3, 0.4) is 0 Å². The number of esters is 1. The lowest BCUT2D eigenvalue weighted by Crippen LogP contribution is -2.07. The van der Waals surface area contributed by atoms with Crippen molar-refractivity contribution in [2.45, 2.75) is 13.8 Å². The van der Waals surface area contributed by atoms with Crippen molar-refractivity contribution in [1.29, 1.82) is 0 Å². The number of rotatable bonds is 4. The third-order valence-electron chi connectivity index (χ3n) is 1.60. The van der Waals surface area contributed by atoms with Gasteiger partial charge in [-0.15, -0.1) is 0 Å². The lowest BCUT2D eigenvalue weighted by Gasteiger charge is -2.07. The van der Waals surface area contributed by atoms with Crippen molar-refractivity contribution in [2.75, 3.05) is 13.2 Å². The number of hydrogen-bond donors (Lipinski definition) is 0. The first-order chi connectivity index (χ1) is 7.19. The van der Waals surface area contributed by atoms with Crippen LogP contribution in [0.2, 0.25) is 0 Å². The second kappa shape index (κ2) is 5.70. The zero-order chi connectivity index (χ0) is 11.3. The topological polar surface area (TPSA) is 48.4 Å². The standard InChI is InChI=1S/C10H12BrNO3/c1-3-14-9-5-8(10(13)15-4-2)12-6-7(9)11/h5-6H,3-4H2,1-2H3. The summed E-state index contributed by atoms with van der Waals surface area (Å²) in [5, 5.41) is 0. The van der Waals surface area contributed by atoms with Gasteiger partial charge in [-0.05, 0) is 29.8 Å². The van der Waals surface area contributed by atoms with Gasteiger partial charge < -0.3 is 9.47 Å². The van der Waals surface area contributed by atoms with E-state index in [1.807, 2.05) is 6.92 Å². The Bertz CT molecular complexity index is 355. The van der Waals surface area contributed by atoms with E-state index < -0.39 is 5.97 Å². The van der Waals surface area contributed by atoms with Gasteiger partial charge in [0.1, 0.15) is 5.75 Å². The third kappa shape index (κ3) is 3.20. The summed E-state index contributed by atoms with van der Waals surface area (Å²) in [6.07, 6.45) is 1.53. The molecule has 0 N–H and O–H groups in total. The van der Waals surface area contributed by atoms with Crippen molar-refractivity contribution in [3.8, 4) is 5.75 Å². The average Bonchev–Trinajstić information content (AvgIpc) is 2.22. The molecule has 0 unspecified atom stereocenters. The number of nitrogens with zero attached hydrogens (tertiary/aromatic N) is 1. The first-order valence-corrected chi connectivity index (χ1v) is 5.43. The molecule has 4 nitrogen and oxygen atoms in total. The maximum Gasteiger partial charge on any atom is 0.357 e. The fourth-order valence-electron chi connectivity index (χ4n) is 1.00. The maximum absolute atomic E-state index is 11.4. The molecule has 0 aliphatic rings. The quantitative estimate of drug-likeness (QED) is 0.791. The predicted octanol–water partition coefficient (Wildman–Crippen LogP) is 2.42. The number of carbonyl (C=O) groups is 1. The average molecular weight is 274 g/mol. The highest BCUT2D eigenvalue weighted by molar-refractivity contribution is 9.10. The molecule has 0 bridgehead atoms. The van der Waals surface area contributed by atoms with Gasteiger partial charge >= 0.3 is 5.97 Å². The van der Waals surface area contributed by atoms with E-state index in [-0.39, 0.29) is 5.69 Å². The molecule has 1 aromatic heterocycles. The molecule has 0 aliphatic heterocycles. The molecule has 1 heterocycles. The van der Waals surface area contributed by atoms with Crippen LogP contribution < -0.4 is 4.74 Å². The molecule has 15 heavy (non-hydrogen) atoms. The molecule has 0 aliphatic carbocycles. The molecule has 0 radical (unpaired) electrons. The number of hydrogen-bond acceptors (Lipinski definition) is 4. The van der Waals surface area contributed by atoms with Crippen molar-refractivity contribution >= 4 is 21.9 Å². The summed E-state index contributed by atoms with van der Waals surface area (Å²) in [5.41, 5.74) is 0.253. The first-order valence-electron chi connectivity index (χ1n) is 4.64. The number of aromatic nitrogens is 1. The van der Waals surface area contributed by atoms with E-state index in [9.17, 15) is 4.79 Å². The number of halogens is 1. The van der Waals surface area contributed by atoms with E-state index >= 15 is 0 Å². The molecule has 0 fully saturated rings. The van der Waals surface area contributed by atoms with Crippen LogP contribution in [0.25, 0.3) is 0 Å². The SMILES string of the molecule is CCOC(=O)c1cc(OCC)c(Br)cn1. The Morgan fingerprint density at radius 3 is 2.80 bits per heavy atom. The Hall–Kier alpha value is -1.10. The number of carbonyl (C=O) groups excluding carboxylic acids is 1. The summed E-state index contributed by atoms with van der Waals surface area (Å²) in [6, 6.07) is 1.56. The van der Waals surface area contributed by atoms with Crippen molar-refractivity contribution in [1.82, 2.24) is 4.98 Å². The van der Waals surface area contributed by atoms with Crippen molar-refractivity contribution in [3.05, 3.63) is 22.4 Å². The van der Waals surface area contributed by atoms with Crippen molar-refractivity contribution in [3.63, 3.8) is 0 Å². The summed E-state index contributed by atoms with van der Waals surface area (Å²) in [7, 11) is 0. The molecular formula is C10H12BrNO3. The Kier molecular flexibility index (Phi) is 4.55. The van der Waals surface area contributed by atoms with Crippen LogP contribution in [0.5, 0.6) is 5.75 Å². The van der Waals surface area contributed by atoms with Gasteiger partial charge in [-0.25, -0.2) is 9.78 Å². The lowest BCUT2D eigenvalue weighted by atomic mass is 10.3. The van der Waals surface area contributed by atoms with E-state index in [4.69, 9.17) is 9.47 Å². The summed E-state index contributed by atoms with van der Waals surface area (Å²) >= 11 is 3.28. The summed E-state index contributed by atoms with van der Waals surface area (Å²) < 4.78 is 10.9. The van der Waals surface area contributed by atoms with Gasteiger partial charge in [-0.3, -0.25) is 0 Å². The summed E-state index contributed by atoms with van der Waals surface area (Å²) in [4.78, 5) is 15.3. The van der Waals surface area contributed by atoms with Gasteiger partial charge in [-0.1, -0.05) is 0 Å². The van der Waals surface area contributed by atoms with Crippen LogP contribution in [0, 0.1) is 0 Å². The zero-order valence-corrected chi connectivity index (χ0v) is 10.2. The van der Waals surface area contributed by atoms with Crippen LogP contribution in [-0.4, -0.2) is 24.2 Å². The van der Waals surface area contributed by atoms with Gasteiger partial charge in [-0.2, -0.15) is 0 Å². The molecule has 0 aromatic carbocycles. The van der Waals surface area contributed by atoms with Gasteiger partial charge in [0.25, 0.3) is 0 Å². The molecule has 0 saturated heterocycles. The second-order valence-corrected chi connectivity index (χ2v) is 3.51. The molecule has 0 spiro atoms. The smallest absolute Gasteiger partial charge is 0.357 e. The first kappa shape index (κ1) is 12.0. The molecule has 1 aromatic rings. The largest absolute Gasteiger partial charge is 0.493 e. The Morgan fingerprint density at radius 1 is 1.47 bits per heavy atom.